The molecule has 3 saturated heterocycles. The number of nitrogens with one attached hydrogen (secondary N) is 1. The van der Waals surface area contributed by atoms with E-state index in [1.807, 2.05) is 0 Å². The van der Waals surface area contributed by atoms with Gasteiger partial charge in [-0.2, -0.15) is 13.2 Å². The number of halogens is 5. The normalized spacial score (nSPS) is 30.5. The average Bonchev–Trinajstić information content (AvgIpc) is 3.31. The molecular weight excluding hydrogens is 457 g/mol. The van der Waals surface area contributed by atoms with E-state index in [0.717, 1.165) is 64.6 Å². The summed E-state index contributed by atoms with van der Waals surface area (Å²) in [6.07, 6.45) is -0.923. The fraction of sp³-hybridized carbons (Fsp3) is 0.826. The maximum absolute atomic E-state index is 13.8. The van der Waals surface area contributed by atoms with E-state index in [0.29, 0.717) is 17.8 Å². The van der Waals surface area contributed by atoms with Crippen molar-refractivity contribution in [1.29, 1.82) is 0 Å². The van der Waals surface area contributed by atoms with E-state index in [-0.39, 0.29) is 37.1 Å². The largest absolute Gasteiger partial charge is 0.420 e. The third-order valence-electron chi connectivity index (χ3n) is 7.83. The minimum absolute atomic E-state index is 0.0965. The molecule has 6 nitrogen and oxygen atoms in total. The fourth-order valence-corrected chi connectivity index (χ4v) is 6.17. The minimum atomic E-state index is -4.65. The Kier molecular flexibility index (Phi) is 6.60. The lowest BCUT2D eigenvalue weighted by Crippen LogP contribution is -2.43. The predicted molar refractivity (Wildman–Crippen MR) is 117 cm³/mol. The lowest BCUT2D eigenvalue weighted by molar-refractivity contribution is -0.137. The van der Waals surface area contributed by atoms with Crippen LogP contribution in [-0.2, 0) is 10.9 Å². The smallest absolute Gasteiger partial charge is 0.381 e. The summed E-state index contributed by atoms with van der Waals surface area (Å²) in [5, 5.41) is 10.7. The highest BCUT2D eigenvalue weighted by atomic mass is 19.4. The molecule has 1 N–H and O–H groups in total. The molecule has 0 radical (unpaired) electrons. The first-order valence-electron chi connectivity index (χ1n) is 12.3. The van der Waals surface area contributed by atoms with Crippen LogP contribution in [0.2, 0.25) is 0 Å². The van der Waals surface area contributed by atoms with Crippen LogP contribution in [0.4, 0.5) is 33.6 Å². The zero-order valence-electron chi connectivity index (χ0n) is 19.2. The van der Waals surface area contributed by atoms with Crippen molar-refractivity contribution < 1.29 is 26.7 Å². The van der Waals surface area contributed by atoms with Gasteiger partial charge in [-0.1, -0.05) is 0 Å². The van der Waals surface area contributed by atoms with Crippen molar-refractivity contribution in [3.05, 3.63) is 11.6 Å². The van der Waals surface area contributed by atoms with Crippen molar-refractivity contribution >= 4 is 11.6 Å². The van der Waals surface area contributed by atoms with E-state index in [1.54, 1.807) is 0 Å². The number of fused-ring (bicyclic) bond motifs is 1. The van der Waals surface area contributed by atoms with Crippen LogP contribution in [0.25, 0.3) is 0 Å². The summed E-state index contributed by atoms with van der Waals surface area (Å²) in [6, 6.07) is 0.767. The van der Waals surface area contributed by atoms with Crippen LogP contribution in [0.5, 0.6) is 0 Å². The van der Waals surface area contributed by atoms with Crippen molar-refractivity contribution in [1.82, 2.24) is 15.1 Å². The molecule has 4 aliphatic rings. The molecule has 1 aromatic rings. The lowest BCUT2D eigenvalue weighted by atomic mass is 10.00. The molecule has 3 aliphatic heterocycles. The van der Waals surface area contributed by atoms with Gasteiger partial charge in [0.2, 0.25) is 0 Å². The fourth-order valence-electron chi connectivity index (χ4n) is 6.17. The highest BCUT2D eigenvalue weighted by Gasteiger charge is 2.43. The zero-order chi connectivity index (χ0) is 23.9. The van der Waals surface area contributed by atoms with E-state index in [2.05, 4.69) is 20.4 Å². The summed E-state index contributed by atoms with van der Waals surface area (Å²) >= 11 is 0. The van der Waals surface area contributed by atoms with Crippen molar-refractivity contribution in [2.45, 2.75) is 56.7 Å². The second-order valence-electron chi connectivity index (χ2n) is 10.5. The molecule has 3 atom stereocenters. The second kappa shape index (κ2) is 9.37. The number of alkyl halides is 5. The molecule has 1 aliphatic carbocycles. The third kappa shape index (κ3) is 5.40. The first kappa shape index (κ1) is 24.0. The van der Waals surface area contributed by atoms with E-state index in [4.69, 9.17) is 4.74 Å². The molecule has 190 valence electrons. The molecule has 0 bridgehead atoms. The molecule has 0 aromatic carbocycles. The Bertz CT molecular complexity index is 849. The number of hydrogen-bond acceptors (Lipinski definition) is 6. The number of nitrogens with zero attached hydrogens (tertiary/aromatic N) is 4. The highest BCUT2D eigenvalue weighted by Crippen LogP contribution is 2.42. The molecule has 1 saturated carbocycles. The van der Waals surface area contributed by atoms with Gasteiger partial charge in [0.15, 0.2) is 11.6 Å². The average molecular weight is 490 g/mol. The number of anilines is 2. The minimum Gasteiger partial charge on any atom is -0.381 e. The summed E-state index contributed by atoms with van der Waals surface area (Å²) in [7, 11) is 0. The predicted octanol–water partition coefficient (Wildman–Crippen LogP) is 4.28. The number of aromatic nitrogens is 2. The number of hydrogen-bond donors (Lipinski definition) is 1. The van der Waals surface area contributed by atoms with Gasteiger partial charge in [-0.25, -0.2) is 8.78 Å². The van der Waals surface area contributed by atoms with E-state index >= 15 is 0 Å². The number of likely N-dealkylation sites (tertiary alicyclic amines) is 1. The molecule has 4 heterocycles. The van der Waals surface area contributed by atoms with Gasteiger partial charge in [-0.15, -0.1) is 10.2 Å². The summed E-state index contributed by atoms with van der Waals surface area (Å²) in [5.74, 6) is -1.78. The van der Waals surface area contributed by atoms with Crippen molar-refractivity contribution in [2.24, 2.45) is 17.8 Å². The second-order valence-corrected chi connectivity index (χ2v) is 10.5. The van der Waals surface area contributed by atoms with Crippen LogP contribution in [0.3, 0.4) is 0 Å². The van der Waals surface area contributed by atoms with Crippen LogP contribution < -0.4 is 10.2 Å². The SMILES string of the molecule is FC1(F)CCCN(c2cc(C(F)(F)F)c(NC3C[C@@H]4CN(CC5CCOCC5)C[C@@H]4C3)nn2)C1. The molecule has 4 fully saturated rings. The third-order valence-corrected chi connectivity index (χ3v) is 7.83. The highest BCUT2D eigenvalue weighted by molar-refractivity contribution is 5.53. The lowest BCUT2D eigenvalue weighted by Gasteiger charge is -2.33. The van der Waals surface area contributed by atoms with Gasteiger partial charge in [0, 0.05) is 51.9 Å². The van der Waals surface area contributed by atoms with Gasteiger partial charge in [0.1, 0.15) is 5.56 Å². The Balaban J connectivity index is 1.22. The Morgan fingerprint density at radius 3 is 2.44 bits per heavy atom. The standard InChI is InChI=1S/C23H32F5N5O/c24-22(25)4-1-5-33(14-22)20-10-19(23(26,27)28)21(31-30-20)29-18-8-16-12-32(13-17(16)9-18)11-15-2-6-34-7-3-15/h10,15-18H,1-9,11-14H2,(H,29,31)/t16-,17+,18?. The van der Waals surface area contributed by atoms with Gasteiger partial charge in [0.25, 0.3) is 5.92 Å². The van der Waals surface area contributed by atoms with Gasteiger partial charge < -0.3 is 19.9 Å². The van der Waals surface area contributed by atoms with Crippen molar-refractivity contribution in [3.8, 4) is 0 Å². The first-order chi connectivity index (χ1) is 16.2. The summed E-state index contributed by atoms with van der Waals surface area (Å²) in [6.45, 7) is 4.32. The van der Waals surface area contributed by atoms with Crippen LogP contribution >= 0.6 is 0 Å². The topological polar surface area (TPSA) is 53.5 Å². The van der Waals surface area contributed by atoms with Gasteiger partial charge in [-0.3, -0.25) is 0 Å². The molecule has 11 heteroatoms. The van der Waals surface area contributed by atoms with Crippen LogP contribution in [0.15, 0.2) is 6.07 Å². The number of rotatable bonds is 5. The van der Waals surface area contributed by atoms with E-state index in [1.165, 1.54) is 4.90 Å². The Morgan fingerprint density at radius 2 is 1.79 bits per heavy atom. The van der Waals surface area contributed by atoms with E-state index in [9.17, 15) is 22.0 Å². The Morgan fingerprint density at radius 1 is 1.09 bits per heavy atom. The molecule has 1 unspecified atom stereocenters. The Hall–Kier alpha value is -1.75. The maximum atomic E-state index is 13.8. The summed E-state index contributed by atoms with van der Waals surface area (Å²) in [4.78, 5) is 3.70. The van der Waals surface area contributed by atoms with Crippen LogP contribution in [-0.4, -0.2) is 73.0 Å². The first-order valence-corrected chi connectivity index (χ1v) is 12.3. The van der Waals surface area contributed by atoms with E-state index < -0.39 is 24.2 Å². The van der Waals surface area contributed by atoms with Crippen molar-refractivity contribution in [3.63, 3.8) is 0 Å². The molecular formula is C23H32F5N5O. The quantitative estimate of drug-likeness (QED) is 0.624. The van der Waals surface area contributed by atoms with Gasteiger partial charge in [0.05, 0.1) is 6.54 Å². The van der Waals surface area contributed by atoms with Crippen molar-refractivity contribution in [2.75, 3.05) is 56.2 Å². The maximum Gasteiger partial charge on any atom is 0.420 e. The number of ether oxygens (including phenoxy) is 1. The molecule has 0 amide bonds. The molecule has 5 rings (SSSR count). The van der Waals surface area contributed by atoms with Crippen LogP contribution in [0, 0.1) is 17.8 Å². The van der Waals surface area contributed by atoms with Crippen LogP contribution in [0.1, 0.15) is 44.1 Å². The molecule has 1 aromatic heterocycles. The summed E-state index contributed by atoms with van der Waals surface area (Å²) < 4.78 is 74.5. The Labute approximate surface area is 196 Å². The zero-order valence-corrected chi connectivity index (χ0v) is 19.2. The summed E-state index contributed by atoms with van der Waals surface area (Å²) in [5.41, 5.74) is -0.940. The molecule has 0 spiro atoms. The van der Waals surface area contributed by atoms with Gasteiger partial charge in [-0.05, 0) is 55.9 Å². The monoisotopic (exact) mass is 489 g/mol. The van der Waals surface area contributed by atoms with Gasteiger partial charge >= 0.3 is 6.18 Å². The number of piperidine rings is 1. The molecule has 34 heavy (non-hydrogen) atoms.